The summed E-state index contributed by atoms with van der Waals surface area (Å²) >= 11 is 0. The molecular formula is C28H46FN3O3. The van der Waals surface area contributed by atoms with Gasteiger partial charge in [0.2, 0.25) is 0 Å². The predicted octanol–water partition coefficient (Wildman–Crippen LogP) is 4.54. The number of carbonyl (C=O) groups is 1. The van der Waals surface area contributed by atoms with Gasteiger partial charge in [0.15, 0.2) is 0 Å². The van der Waals surface area contributed by atoms with E-state index in [2.05, 4.69) is 10.6 Å². The van der Waals surface area contributed by atoms with Crippen LogP contribution in [0.2, 0.25) is 0 Å². The Labute approximate surface area is 210 Å². The number of benzene rings is 1. The number of likely N-dealkylation sites (tertiary alicyclic amines) is 1. The molecule has 2 aliphatic rings. The average molecular weight is 492 g/mol. The number of hydrogen-bond acceptors (Lipinski definition) is 4. The zero-order valence-corrected chi connectivity index (χ0v) is 21.6. The number of halogens is 1. The van der Waals surface area contributed by atoms with Crippen LogP contribution < -0.4 is 10.6 Å². The van der Waals surface area contributed by atoms with E-state index in [9.17, 15) is 19.4 Å². The Morgan fingerprint density at radius 3 is 2.69 bits per heavy atom. The summed E-state index contributed by atoms with van der Waals surface area (Å²) in [6.45, 7) is 3.57. The Kier molecular flexibility index (Phi) is 10.8. The highest BCUT2D eigenvalue weighted by Gasteiger charge is 2.41. The highest BCUT2D eigenvalue weighted by molar-refractivity contribution is 5.74. The quantitative estimate of drug-likeness (QED) is 0.366. The molecule has 4 atom stereocenters. The molecule has 0 bridgehead atoms. The summed E-state index contributed by atoms with van der Waals surface area (Å²) < 4.78 is 14.1. The molecule has 7 heteroatoms. The zero-order valence-electron chi connectivity index (χ0n) is 21.6. The number of carbonyl (C=O) groups excluding carboxylic acids is 1. The number of urea groups is 1. The minimum Gasteiger partial charge on any atom is -0.393 e. The molecule has 1 saturated carbocycles. The SMILES string of the molecule is CNC[C@H](CC1CCCCC1)NC(=O)N1CCC[C@@H]([C@@](O)(CCCC(C)O)c2cccc(F)c2)C1. The second kappa shape index (κ2) is 13.6. The molecule has 35 heavy (non-hydrogen) atoms. The first-order valence-corrected chi connectivity index (χ1v) is 13.7. The fourth-order valence-corrected chi connectivity index (χ4v) is 6.09. The van der Waals surface area contributed by atoms with E-state index < -0.39 is 11.7 Å². The lowest BCUT2D eigenvalue weighted by molar-refractivity contribution is -0.0571. The molecule has 1 aliphatic carbocycles. The van der Waals surface area contributed by atoms with Gasteiger partial charge in [-0.05, 0) is 76.1 Å². The normalized spacial score (nSPS) is 22.9. The number of aliphatic hydroxyl groups is 2. The smallest absolute Gasteiger partial charge is 0.317 e. The first-order valence-electron chi connectivity index (χ1n) is 13.7. The van der Waals surface area contributed by atoms with E-state index in [0.29, 0.717) is 43.8 Å². The Bertz CT molecular complexity index is 786. The van der Waals surface area contributed by atoms with Crippen molar-refractivity contribution in [3.63, 3.8) is 0 Å². The molecule has 1 unspecified atom stereocenters. The van der Waals surface area contributed by atoms with Crippen LogP contribution in [0.3, 0.4) is 0 Å². The molecule has 1 heterocycles. The number of likely N-dealkylation sites (N-methyl/N-ethyl adjacent to an activating group) is 1. The van der Waals surface area contributed by atoms with Gasteiger partial charge in [0.1, 0.15) is 5.82 Å². The van der Waals surface area contributed by atoms with E-state index in [4.69, 9.17) is 0 Å². The predicted molar refractivity (Wildman–Crippen MR) is 138 cm³/mol. The summed E-state index contributed by atoms with van der Waals surface area (Å²) in [5.41, 5.74) is -0.691. The third kappa shape index (κ3) is 8.16. The highest BCUT2D eigenvalue weighted by Crippen LogP contribution is 2.40. The van der Waals surface area contributed by atoms with Crippen molar-refractivity contribution >= 4 is 6.03 Å². The van der Waals surface area contributed by atoms with Crippen molar-refractivity contribution in [2.24, 2.45) is 11.8 Å². The minimum absolute atomic E-state index is 0.0728. The number of nitrogens with zero attached hydrogens (tertiary/aromatic N) is 1. The van der Waals surface area contributed by atoms with E-state index >= 15 is 0 Å². The van der Waals surface area contributed by atoms with Crippen LogP contribution >= 0.6 is 0 Å². The van der Waals surface area contributed by atoms with Gasteiger partial charge in [0, 0.05) is 31.6 Å². The van der Waals surface area contributed by atoms with Crippen LogP contribution in [0.15, 0.2) is 24.3 Å². The van der Waals surface area contributed by atoms with Gasteiger partial charge in [-0.25, -0.2) is 9.18 Å². The summed E-state index contributed by atoms with van der Waals surface area (Å²) in [6, 6.07) is 6.21. The first kappa shape index (κ1) is 27.9. The van der Waals surface area contributed by atoms with Crippen molar-refractivity contribution in [3.8, 4) is 0 Å². The Morgan fingerprint density at radius 2 is 2.00 bits per heavy atom. The fraction of sp³-hybridized carbons (Fsp3) is 0.750. The number of aliphatic hydroxyl groups excluding tert-OH is 1. The van der Waals surface area contributed by atoms with Crippen molar-refractivity contribution < 1.29 is 19.4 Å². The van der Waals surface area contributed by atoms with E-state index in [-0.39, 0.29) is 23.8 Å². The molecule has 198 valence electrons. The van der Waals surface area contributed by atoms with Gasteiger partial charge in [-0.1, -0.05) is 44.2 Å². The van der Waals surface area contributed by atoms with Crippen LogP contribution in [0.4, 0.5) is 9.18 Å². The molecule has 2 amide bonds. The lowest BCUT2D eigenvalue weighted by Crippen LogP contribution is -2.54. The fourth-order valence-electron chi connectivity index (χ4n) is 6.09. The molecule has 1 aromatic rings. The average Bonchev–Trinajstić information content (AvgIpc) is 2.84. The molecule has 3 rings (SSSR count). The summed E-state index contributed by atoms with van der Waals surface area (Å²) in [4.78, 5) is 15.1. The molecule has 1 aliphatic heterocycles. The van der Waals surface area contributed by atoms with Gasteiger partial charge >= 0.3 is 6.03 Å². The standard InChI is InChI=1S/C28H46FN3O3/c1-21(33)9-7-15-28(35,23-12-6-14-25(29)18-23)24-13-8-16-32(20-24)27(34)31-26(19-30-2)17-22-10-4-3-5-11-22/h6,12,14,18,21-22,24,26,30,33,35H,3-5,7-11,13,15-17,19-20H2,1-2H3,(H,31,34)/t21?,24-,26+,28-/m1/s1. The molecule has 0 aromatic heterocycles. The summed E-state index contributed by atoms with van der Waals surface area (Å²) in [5, 5.41) is 28.1. The number of nitrogens with one attached hydrogen (secondary N) is 2. The monoisotopic (exact) mass is 491 g/mol. The van der Waals surface area contributed by atoms with Crippen LogP contribution in [-0.2, 0) is 5.60 Å². The van der Waals surface area contributed by atoms with E-state index in [1.165, 1.54) is 44.2 Å². The Balaban J connectivity index is 1.69. The van der Waals surface area contributed by atoms with Crippen LogP contribution in [-0.4, -0.2) is 60.0 Å². The van der Waals surface area contributed by atoms with Crippen LogP contribution in [0.5, 0.6) is 0 Å². The third-order valence-electron chi connectivity index (χ3n) is 8.01. The first-order chi connectivity index (χ1) is 16.8. The summed E-state index contributed by atoms with van der Waals surface area (Å²) in [5.74, 6) is 0.0989. The van der Waals surface area contributed by atoms with Gasteiger partial charge < -0.3 is 25.7 Å². The van der Waals surface area contributed by atoms with E-state index in [1.54, 1.807) is 19.1 Å². The molecule has 1 aromatic carbocycles. The summed E-state index contributed by atoms with van der Waals surface area (Å²) in [6.07, 6.45) is 10.1. The van der Waals surface area contributed by atoms with Gasteiger partial charge in [-0.15, -0.1) is 0 Å². The van der Waals surface area contributed by atoms with Crippen molar-refractivity contribution in [3.05, 3.63) is 35.6 Å². The molecule has 0 spiro atoms. The Morgan fingerprint density at radius 1 is 1.23 bits per heavy atom. The van der Waals surface area contributed by atoms with Gasteiger partial charge in [0.05, 0.1) is 11.7 Å². The van der Waals surface area contributed by atoms with Crippen molar-refractivity contribution in [1.82, 2.24) is 15.5 Å². The van der Waals surface area contributed by atoms with Crippen LogP contribution in [0, 0.1) is 17.7 Å². The maximum absolute atomic E-state index is 14.1. The lowest BCUT2D eigenvalue weighted by Gasteiger charge is -2.43. The second-order valence-electron chi connectivity index (χ2n) is 10.9. The van der Waals surface area contributed by atoms with Crippen LogP contribution in [0.1, 0.15) is 83.1 Å². The number of amides is 2. The molecule has 1 saturated heterocycles. The number of hydrogen-bond donors (Lipinski definition) is 4. The lowest BCUT2D eigenvalue weighted by atomic mass is 9.74. The third-order valence-corrected chi connectivity index (χ3v) is 8.01. The minimum atomic E-state index is -1.25. The number of piperidine rings is 1. The largest absolute Gasteiger partial charge is 0.393 e. The van der Waals surface area contributed by atoms with E-state index in [0.717, 1.165) is 25.8 Å². The Hall–Kier alpha value is -1.70. The molecule has 0 radical (unpaired) electrons. The maximum atomic E-state index is 14.1. The van der Waals surface area contributed by atoms with Crippen LogP contribution in [0.25, 0.3) is 0 Å². The molecule has 4 N–H and O–H groups in total. The topological polar surface area (TPSA) is 84.8 Å². The second-order valence-corrected chi connectivity index (χ2v) is 10.9. The highest BCUT2D eigenvalue weighted by atomic mass is 19.1. The molecule has 6 nitrogen and oxygen atoms in total. The van der Waals surface area contributed by atoms with E-state index in [1.807, 2.05) is 11.9 Å². The number of rotatable bonds is 11. The molecular weight excluding hydrogens is 445 g/mol. The zero-order chi connectivity index (χ0) is 25.3. The maximum Gasteiger partial charge on any atom is 0.317 e. The molecule has 2 fully saturated rings. The van der Waals surface area contributed by atoms with Crippen molar-refractivity contribution in [1.29, 1.82) is 0 Å². The summed E-state index contributed by atoms with van der Waals surface area (Å²) in [7, 11) is 1.92. The van der Waals surface area contributed by atoms with Crippen molar-refractivity contribution in [2.45, 2.75) is 95.3 Å². The van der Waals surface area contributed by atoms with Gasteiger partial charge in [0.25, 0.3) is 0 Å². The van der Waals surface area contributed by atoms with Crippen molar-refractivity contribution in [2.75, 3.05) is 26.7 Å². The van der Waals surface area contributed by atoms with Gasteiger partial charge in [-0.3, -0.25) is 0 Å². The van der Waals surface area contributed by atoms with Gasteiger partial charge in [-0.2, -0.15) is 0 Å².